The van der Waals surface area contributed by atoms with Crippen LogP contribution in [0.3, 0.4) is 0 Å². The highest BCUT2D eigenvalue weighted by Crippen LogP contribution is 2.18. The van der Waals surface area contributed by atoms with E-state index >= 15 is 0 Å². The summed E-state index contributed by atoms with van der Waals surface area (Å²) in [7, 11) is 0. The molecule has 0 spiro atoms. The van der Waals surface area contributed by atoms with Gasteiger partial charge in [0, 0.05) is 36.1 Å². The molecule has 1 aromatic carbocycles. The fourth-order valence-corrected chi connectivity index (χ4v) is 3.25. The zero-order valence-corrected chi connectivity index (χ0v) is 15.8. The van der Waals surface area contributed by atoms with Gasteiger partial charge < -0.3 is 16.0 Å². The van der Waals surface area contributed by atoms with Crippen molar-refractivity contribution < 1.29 is 14.4 Å². The van der Waals surface area contributed by atoms with E-state index in [2.05, 4.69) is 20.9 Å². The van der Waals surface area contributed by atoms with Gasteiger partial charge in [0.25, 0.3) is 11.8 Å². The smallest absolute Gasteiger partial charge is 0.270 e. The first-order chi connectivity index (χ1) is 13.5. The minimum absolute atomic E-state index is 0.160. The zero-order valence-electron chi connectivity index (χ0n) is 15.8. The summed E-state index contributed by atoms with van der Waals surface area (Å²) in [6, 6.07) is 10.0. The summed E-state index contributed by atoms with van der Waals surface area (Å²) in [5.74, 6) is -0.741. The Morgan fingerprint density at radius 3 is 2.18 bits per heavy atom. The first-order valence-corrected chi connectivity index (χ1v) is 9.47. The molecular weight excluding hydrogens is 356 g/mol. The number of carbonyl (C=O) groups excluding carboxylic acids is 3. The van der Waals surface area contributed by atoms with E-state index in [0.717, 1.165) is 25.7 Å². The van der Waals surface area contributed by atoms with Gasteiger partial charge in [0.2, 0.25) is 5.91 Å². The molecule has 0 atom stereocenters. The van der Waals surface area contributed by atoms with Crippen molar-refractivity contribution in [3.05, 3.63) is 53.9 Å². The molecule has 146 valence electrons. The quantitative estimate of drug-likeness (QED) is 0.740. The van der Waals surface area contributed by atoms with Crippen molar-refractivity contribution in [2.24, 2.45) is 0 Å². The van der Waals surface area contributed by atoms with Crippen LogP contribution in [0, 0.1) is 0 Å². The summed E-state index contributed by atoms with van der Waals surface area (Å²) in [4.78, 5) is 40.1. The molecule has 3 rings (SSSR count). The molecule has 3 amide bonds. The number of nitrogens with zero attached hydrogens (tertiary/aromatic N) is 1. The van der Waals surface area contributed by atoms with Gasteiger partial charge in [-0.3, -0.25) is 19.4 Å². The summed E-state index contributed by atoms with van der Waals surface area (Å²) in [5, 5.41) is 8.45. The number of hydrogen-bond acceptors (Lipinski definition) is 4. The van der Waals surface area contributed by atoms with E-state index in [1.54, 1.807) is 30.3 Å². The fraction of sp³-hybridized carbons (Fsp3) is 0.333. The monoisotopic (exact) mass is 380 g/mol. The van der Waals surface area contributed by atoms with Crippen LogP contribution < -0.4 is 16.0 Å². The highest BCUT2D eigenvalue weighted by atomic mass is 16.2. The van der Waals surface area contributed by atoms with Crippen LogP contribution in [0.5, 0.6) is 0 Å². The number of nitrogens with one attached hydrogen (secondary N) is 3. The number of rotatable bonds is 5. The lowest BCUT2D eigenvalue weighted by Crippen LogP contribution is -2.36. The van der Waals surface area contributed by atoms with Crippen molar-refractivity contribution in [1.82, 2.24) is 10.3 Å². The lowest BCUT2D eigenvalue weighted by molar-refractivity contribution is -0.114. The van der Waals surface area contributed by atoms with Crippen molar-refractivity contribution in [2.45, 2.75) is 45.1 Å². The molecule has 0 saturated heterocycles. The molecule has 0 aliphatic heterocycles. The van der Waals surface area contributed by atoms with E-state index in [-0.39, 0.29) is 29.5 Å². The molecule has 1 aliphatic carbocycles. The molecule has 1 fully saturated rings. The lowest BCUT2D eigenvalue weighted by Gasteiger charge is -2.22. The van der Waals surface area contributed by atoms with Crippen molar-refractivity contribution in [3.8, 4) is 0 Å². The Balaban J connectivity index is 1.63. The van der Waals surface area contributed by atoms with Crippen molar-refractivity contribution in [2.75, 3.05) is 10.6 Å². The van der Waals surface area contributed by atoms with Gasteiger partial charge in [-0.1, -0.05) is 19.3 Å². The molecule has 7 heteroatoms. The highest BCUT2D eigenvalue weighted by molar-refractivity contribution is 6.05. The SMILES string of the molecule is CC(=O)Nc1ccc(NC(=O)c2ccnc(C(=O)NC3CCCCC3)c2)cc1. The molecule has 28 heavy (non-hydrogen) atoms. The first-order valence-electron chi connectivity index (χ1n) is 9.47. The molecule has 7 nitrogen and oxygen atoms in total. The maximum absolute atomic E-state index is 12.5. The minimum atomic E-state index is -0.332. The van der Waals surface area contributed by atoms with E-state index in [9.17, 15) is 14.4 Å². The molecule has 1 aromatic heterocycles. The summed E-state index contributed by atoms with van der Waals surface area (Å²) < 4.78 is 0. The lowest BCUT2D eigenvalue weighted by atomic mass is 9.95. The fourth-order valence-electron chi connectivity index (χ4n) is 3.25. The van der Waals surface area contributed by atoms with Gasteiger partial charge in [-0.05, 0) is 49.2 Å². The van der Waals surface area contributed by atoms with Gasteiger partial charge >= 0.3 is 0 Å². The Kier molecular flexibility index (Phi) is 6.37. The maximum atomic E-state index is 12.5. The molecule has 1 aliphatic rings. The first kappa shape index (κ1) is 19.5. The van der Waals surface area contributed by atoms with Crippen LogP contribution in [0.15, 0.2) is 42.6 Å². The largest absolute Gasteiger partial charge is 0.348 e. The van der Waals surface area contributed by atoms with Gasteiger partial charge in [0.05, 0.1) is 0 Å². The number of aromatic nitrogens is 1. The Bertz CT molecular complexity index is 858. The average Bonchev–Trinajstić information content (AvgIpc) is 2.70. The summed E-state index contributed by atoms with van der Waals surface area (Å²) in [6.07, 6.45) is 6.90. The third-order valence-electron chi connectivity index (χ3n) is 4.66. The molecular formula is C21H24N4O3. The molecule has 0 radical (unpaired) electrons. The van der Waals surface area contributed by atoms with Gasteiger partial charge in [-0.15, -0.1) is 0 Å². The van der Waals surface area contributed by atoms with Gasteiger partial charge in [-0.25, -0.2) is 0 Å². The van der Waals surface area contributed by atoms with E-state index in [4.69, 9.17) is 0 Å². The Morgan fingerprint density at radius 2 is 1.54 bits per heavy atom. The topological polar surface area (TPSA) is 100 Å². The molecule has 2 aromatic rings. The third kappa shape index (κ3) is 5.39. The number of amides is 3. The minimum Gasteiger partial charge on any atom is -0.348 e. The zero-order chi connectivity index (χ0) is 19.9. The predicted molar refractivity (Wildman–Crippen MR) is 107 cm³/mol. The number of hydrogen-bond donors (Lipinski definition) is 3. The predicted octanol–water partition coefficient (Wildman–Crippen LogP) is 3.35. The van der Waals surface area contributed by atoms with Gasteiger partial charge in [0.15, 0.2) is 0 Å². The standard InChI is InChI=1S/C21H24N4O3/c1-14(26)23-17-7-9-18(10-8-17)24-20(27)15-11-12-22-19(13-15)21(28)25-16-5-3-2-4-6-16/h7-13,16H,2-6H2,1H3,(H,23,26)(H,24,27)(H,25,28). The molecule has 3 N–H and O–H groups in total. The van der Waals surface area contributed by atoms with Crippen molar-refractivity contribution >= 4 is 29.1 Å². The summed E-state index contributed by atoms with van der Waals surface area (Å²) >= 11 is 0. The third-order valence-corrected chi connectivity index (χ3v) is 4.66. The summed E-state index contributed by atoms with van der Waals surface area (Å²) in [6.45, 7) is 1.43. The van der Waals surface area contributed by atoms with Crippen molar-refractivity contribution in [3.63, 3.8) is 0 Å². The molecule has 1 saturated carbocycles. The number of pyridine rings is 1. The Labute approximate surface area is 163 Å². The van der Waals surface area contributed by atoms with Crippen LogP contribution in [0.4, 0.5) is 11.4 Å². The number of carbonyl (C=O) groups is 3. The van der Waals surface area contributed by atoms with Gasteiger partial charge in [-0.2, -0.15) is 0 Å². The number of benzene rings is 1. The van der Waals surface area contributed by atoms with Crippen LogP contribution in [0.2, 0.25) is 0 Å². The summed E-state index contributed by atoms with van der Waals surface area (Å²) in [5.41, 5.74) is 1.83. The molecule has 1 heterocycles. The molecule has 0 unspecified atom stereocenters. The number of anilines is 2. The second kappa shape index (κ2) is 9.12. The van der Waals surface area contributed by atoms with E-state index in [1.165, 1.54) is 25.6 Å². The van der Waals surface area contributed by atoms with E-state index in [0.29, 0.717) is 16.9 Å². The normalized spacial score (nSPS) is 14.2. The highest BCUT2D eigenvalue weighted by Gasteiger charge is 2.18. The van der Waals surface area contributed by atoms with E-state index in [1.807, 2.05) is 0 Å². The average molecular weight is 380 g/mol. The van der Waals surface area contributed by atoms with Crippen LogP contribution in [-0.2, 0) is 4.79 Å². The van der Waals surface area contributed by atoms with Gasteiger partial charge in [0.1, 0.15) is 5.69 Å². The maximum Gasteiger partial charge on any atom is 0.270 e. The second-order valence-corrected chi connectivity index (χ2v) is 6.95. The Hall–Kier alpha value is -3.22. The van der Waals surface area contributed by atoms with Crippen LogP contribution in [0.1, 0.15) is 59.9 Å². The Morgan fingerprint density at radius 1 is 0.893 bits per heavy atom. The molecule has 0 bridgehead atoms. The van der Waals surface area contributed by atoms with Crippen LogP contribution >= 0.6 is 0 Å². The van der Waals surface area contributed by atoms with E-state index < -0.39 is 0 Å². The van der Waals surface area contributed by atoms with Crippen LogP contribution in [0.25, 0.3) is 0 Å². The van der Waals surface area contributed by atoms with Crippen LogP contribution in [-0.4, -0.2) is 28.7 Å². The second-order valence-electron chi connectivity index (χ2n) is 6.95. The van der Waals surface area contributed by atoms with Crippen molar-refractivity contribution in [1.29, 1.82) is 0 Å².